The van der Waals surface area contributed by atoms with Crippen LogP contribution in [0.5, 0.6) is 11.5 Å². The molecule has 1 aromatic rings. The van der Waals surface area contributed by atoms with E-state index in [1.54, 1.807) is 12.1 Å². The lowest BCUT2D eigenvalue weighted by Crippen LogP contribution is -2.43. The molecule has 4 N–H and O–H groups in total. The number of rotatable bonds is 5. The molecular formula is C13H14N2O6. The molecule has 0 aliphatic carbocycles. The molecule has 0 spiro atoms. The van der Waals surface area contributed by atoms with Gasteiger partial charge in [-0.2, -0.15) is 0 Å². The summed E-state index contributed by atoms with van der Waals surface area (Å²) in [5, 5.41) is 11.2. The first kappa shape index (κ1) is 14.6. The summed E-state index contributed by atoms with van der Waals surface area (Å²) in [5.74, 6) is -2.17. The maximum absolute atomic E-state index is 12.2. The molecule has 1 aliphatic rings. The highest BCUT2D eigenvalue weighted by Crippen LogP contribution is 2.33. The van der Waals surface area contributed by atoms with Crippen LogP contribution in [0.1, 0.15) is 16.8 Å². The molecule has 1 aromatic carbocycles. The Hall–Kier alpha value is -2.77. The highest BCUT2D eigenvalue weighted by atomic mass is 16.6. The Kier molecular flexibility index (Phi) is 4.27. The Bertz CT molecular complexity index is 586. The lowest BCUT2D eigenvalue weighted by Gasteiger charge is -2.21. The number of carbonyl (C=O) groups excluding carboxylic acids is 2. The fourth-order valence-corrected chi connectivity index (χ4v) is 1.89. The molecule has 0 saturated heterocycles. The van der Waals surface area contributed by atoms with Crippen LogP contribution in [-0.2, 0) is 9.59 Å². The van der Waals surface area contributed by atoms with Gasteiger partial charge < -0.3 is 25.6 Å². The monoisotopic (exact) mass is 294 g/mol. The average molecular weight is 294 g/mol. The first-order valence-electron chi connectivity index (χ1n) is 6.19. The summed E-state index contributed by atoms with van der Waals surface area (Å²) in [6, 6.07) is 3.32. The Morgan fingerprint density at radius 2 is 2.00 bits per heavy atom. The molecule has 0 saturated carbocycles. The second-order valence-electron chi connectivity index (χ2n) is 4.36. The van der Waals surface area contributed by atoms with E-state index in [1.807, 2.05) is 0 Å². The van der Waals surface area contributed by atoms with Crippen LogP contribution in [0.2, 0.25) is 0 Å². The van der Waals surface area contributed by atoms with E-state index in [0.717, 1.165) is 0 Å². The third kappa shape index (κ3) is 3.41. The number of nitrogens with two attached hydrogens (primary N) is 1. The summed E-state index contributed by atoms with van der Waals surface area (Å²) < 4.78 is 10.7. The molecule has 112 valence electrons. The smallest absolute Gasteiger partial charge is 0.326 e. The van der Waals surface area contributed by atoms with Crippen molar-refractivity contribution in [2.24, 2.45) is 5.73 Å². The first-order chi connectivity index (χ1) is 9.99. The number of hydrogen-bond donors (Lipinski definition) is 3. The quantitative estimate of drug-likeness (QED) is 0.672. The van der Waals surface area contributed by atoms with Gasteiger partial charge in [0.15, 0.2) is 11.5 Å². The van der Waals surface area contributed by atoms with Gasteiger partial charge in [-0.3, -0.25) is 9.59 Å². The molecule has 8 nitrogen and oxygen atoms in total. The van der Waals surface area contributed by atoms with Gasteiger partial charge in [0.1, 0.15) is 19.3 Å². The zero-order valence-corrected chi connectivity index (χ0v) is 11.0. The second kappa shape index (κ2) is 6.12. The van der Waals surface area contributed by atoms with Crippen molar-refractivity contribution in [2.75, 3.05) is 13.2 Å². The van der Waals surface area contributed by atoms with Crippen molar-refractivity contribution in [3.05, 3.63) is 23.8 Å². The molecule has 0 bridgehead atoms. The van der Waals surface area contributed by atoms with Gasteiger partial charge in [0, 0.05) is 0 Å². The van der Waals surface area contributed by atoms with Crippen molar-refractivity contribution in [3.63, 3.8) is 0 Å². The van der Waals surface area contributed by atoms with E-state index >= 15 is 0 Å². The van der Waals surface area contributed by atoms with Gasteiger partial charge in [0.2, 0.25) is 5.91 Å². The maximum atomic E-state index is 12.2. The zero-order chi connectivity index (χ0) is 15.4. The number of carboxylic acids is 1. The number of carbonyl (C=O) groups is 3. The third-order valence-corrected chi connectivity index (χ3v) is 2.82. The van der Waals surface area contributed by atoms with E-state index in [0.29, 0.717) is 19.0 Å². The van der Waals surface area contributed by atoms with E-state index in [9.17, 15) is 14.4 Å². The number of ether oxygens (including phenoxy) is 2. The van der Waals surface area contributed by atoms with Crippen molar-refractivity contribution in [1.29, 1.82) is 0 Å². The van der Waals surface area contributed by atoms with Gasteiger partial charge in [-0.05, 0) is 12.1 Å². The number of amides is 2. The Balaban J connectivity index is 2.20. The Labute approximate surface area is 119 Å². The number of carboxylic acid groups (broad SMARTS) is 1. The van der Waals surface area contributed by atoms with Gasteiger partial charge >= 0.3 is 5.97 Å². The number of hydrogen-bond acceptors (Lipinski definition) is 5. The van der Waals surface area contributed by atoms with E-state index in [2.05, 4.69) is 5.32 Å². The number of fused-ring (bicyclic) bond motifs is 1. The minimum Gasteiger partial charge on any atom is -0.486 e. The first-order valence-corrected chi connectivity index (χ1v) is 6.19. The maximum Gasteiger partial charge on any atom is 0.326 e. The molecule has 0 fully saturated rings. The fraction of sp³-hybridized carbons (Fsp3) is 0.308. The molecule has 2 rings (SSSR count). The lowest BCUT2D eigenvalue weighted by atomic mass is 10.1. The molecule has 0 radical (unpaired) electrons. The highest BCUT2D eigenvalue weighted by molar-refractivity contribution is 6.00. The highest BCUT2D eigenvalue weighted by Gasteiger charge is 2.26. The van der Waals surface area contributed by atoms with E-state index in [-0.39, 0.29) is 11.3 Å². The molecule has 1 atom stereocenters. The molecule has 21 heavy (non-hydrogen) atoms. The number of para-hydroxylation sites is 1. The summed E-state index contributed by atoms with van der Waals surface area (Å²) in [4.78, 5) is 34.0. The summed E-state index contributed by atoms with van der Waals surface area (Å²) in [6.07, 6.45) is -0.493. The molecule has 0 aromatic heterocycles. The standard InChI is InChI=1S/C13H14N2O6/c14-10(16)6-8(13(18)19)15-12(17)7-2-1-3-9-11(7)21-5-4-20-9/h1-3,8H,4-6H2,(H2,14,16)(H,15,17)(H,18,19)/t8-/m0/s1. The van der Waals surface area contributed by atoms with Crippen molar-refractivity contribution >= 4 is 17.8 Å². The largest absolute Gasteiger partial charge is 0.486 e. The van der Waals surface area contributed by atoms with Gasteiger partial charge in [0.25, 0.3) is 5.91 Å². The van der Waals surface area contributed by atoms with Crippen molar-refractivity contribution in [3.8, 4) is 11.5 Å². The predicted octanol–water partition coefficient (Wildman–Crippen LogP) is -0.484. The number of benzene rings is 1. The number of primary amides is 1. The van der Waals surface area contributed by atoms with Gasteiger partial charge in [0.05, 0.1) is 12.0 Å². The van der Waals surface area contributed by atoms with Crippen LogP contribution >= 0.6 is 0 Å². The van der Waals surface area contributed by atoms with Gasteiger partial charge in [-0.1, -0.05) is 6.07 Å². The molecule has 1 aliphatic heterocycles. The topological polar surface area (TPSA) is 128 Å². The van der Waals surface area contributed by atoms with Crippen molar-refractivity contribution in [1.82, 2.24) is 5.32 Å². The molecule has 1 heterocycles. The average Bonchev–Trinajstić information content (AvgIpc) is 2.45. The van der Waals surface area contributed by atoms with Crippen LogP contribution < -0.4 is 20.5 Å². The van der Waals surface area contributed by atoms with Crippen LogP contribution in [0.3, 0.4) is 0 Å². The SMILES string of the molecule is NC(=O)C[C@H](NC(=O)c1cccc2c1OCCO2)C(=O)O. The zero-order valence-electron chi connectivity index (χ0n) is 11.0. The van der Waals surface area contributed by atoms with E-state index in [4.69, 9.17) is 20.3 Å². The number of nitrogens with one attached hydrogen (secondary N) is 1. The van der Waals surface area contributed by atoms with E-state index < -0.39 is 30.2 Å². The number of aliphatic carboxylic acids is 1. The normalized spacial score (nSPS) is 14.1. The summed E-state index contributed by atoms with van der Waals surface area (Å²) >= 11 is 0. The summed E-state index contributed by atoms with van der Waals surface area (Å²) in [7, 11) is 0. The molecule has 2 amide bonds. The minimum absolute atomic E-state index is 0.142. The Morgan fingerprint density at radius 3 is 2.67 bits per heavy atom. The molecule has 0 unspecified atom stereocenters. The summed E-state index contributed by atoms with van der Waals surface area (Å²) in [5.41, 5.74) is 5.10. The second-order valence-corrected chi connectivity index (χ2v) is 4.36. The van der Waals surface area contributed by atoms with Crippen LogP contribution in [0.15, 0.2) is 18.2 Å². The Morgan fingerprint density at radius 1 is 1.29 bits per heavy atom. The van der Waals surface area contributed by atoms with Crippen LogP contribution in [-0.4, -0.2) is 42.1 Å². The van der Waals surface area contributed by atoms with E-state index in [1.165, 1.54) is 6.07 Å². The van der Waals surface area contributed by atoms with Crippen LogP contribution in [0.4, 0.5) is 0 Å². The van der Waals surface area contributed by atoms with Gasteiger partial charge in [-0.25, -0.2) is 4.79 Å². The lowest BCUT2D eigenvalue weighted by molar-refractivity contribution is -0.140. The minimum atomic E-state index is -1.39. The predicted molar refractivity (Wildman–Crippen MR) is 70.1 cm³/mol. The third-order valence-electron chi connectivity index (χ3n) is 2.82. The summed E-state index contributed by atoms with van der Waals surface area (Å²) in [6.45, 7) is 0.665. The van der Waals surface area contributed by atoms with Gasteiger partial charge in [-0.15, -0.1) is 0 Å². The van der Waals surface area contributed by atoms with Crippen LogP contribution in [0, 0.1) is 0 Å². The molecular weight excluding hydrogens is 280 g/mol. The fourth-order valence-electron chi connectivity index (χ4n) is 1.89. The van der Waals surface area contributed by atoms with Crippen LogP contribution in [0.25, 0.3) is 0 Å². The van der Waals surface area contributed by atoms with Crippen molar-refractivity contribution in [2.45, 2.75) is 12.5 Å². The van der Waals surface area contributed by atoms with Crippen molar-refractivity contribution < 1.29 is 29.0 Å². The molecule has 8 heteroatoms.